The quantitative estimate of drug-likeness (QED) is 0.422. The van der Waals surface area contributed by atoms with Crippen LogP contribution >= 0.6 is 0 Å². The van der Waals surface area contributed by atoms with Crippen LogP contribution in [0.4, 0.5) is 23.1 Å². The van der Waals surface area contributed by atoms with Gasteiger partial charge in [-0.3, -0.25) is 10.1 Å². The molecule has 0 unspecified atom stereocenters. The monoisotopic (exact) mass is 453 g/mol. The van der Waals surface area contributed by atoms with E-state index >= 15 is 0 Å². The second-order valence-corrected chi connectivity index (χ2v) is 9.39. The Bertz CT molecular complexity index is 952. The number of rotatable bonds is 7. The minimum Gasteiger partial charge on any atom is -0.378 e. The summed E-state index contributed by atoms with van der Waals surface area (Å²) in [6, 6.07) is 8.72. The van der Waals surface area contributed by atoms with Crippen molar-refractivity contribution in [3.63, 3.8) is 0 Å². The van der Waals surface area contributed by atoms with Crippen LogP contribution in [0.5, 0.6) is 0 Å². The molecule has 4 rings (SSSR count). The van der Waals surface area contributed by atoms with Gasteiger partial charge in [-0.15, -0.1) is 0 Å². The van der Waals surface area contributed by atoms with Gasteiger partial charge in [0.15, 0.2) is 0 Å². The summed E-state index contributed by atoms with van der Waals surface area (Å²) >= 11 is 0. The highest BCUT2D eigenvalue weighted by molar-refractivity contribution is 5.58. The third-order valence-corrected chi connectivity index (χ3v) is 6.87. The Morgan fingerprint density at radius 2 is 1.82 bits per heavy atom. The van der Waals surface area contributed by atoms with Crippen LogP contribution in [0.3, 0.4) is 0 Å². The lowest BCUT2D eigenvalue weighted by molar-refractivity contribution is -0.385. The standard InChI is InChI=1S/C24H35N7O2/c25-19-10-8-17(9-11-19)15-21-22(31(32)33)23(26)29-24(28-21)27-16-18-6-5-7-20(14-18)30-12-3-1-2-4-13-30/h5-7,14,17,19H,1-4,8-13,15-16,25H2,(H3,26,27,28,29)/t17-,19-. The van der Waals surface area contributed by atoms with Gasteiger partial charge < -0.3 is 21.7 Å². The number of nitro groups is 1. The van der Waals surface area contributed by atoms with Crippen molar-refractivity contribution in [1.29, 1.82) is 0 Å². The van der Waals surface area contributed by atoms with Crippen LogP contribution < -0.4 is 21.7 Å². The number of nitrogen functional groups attached to an aromatic ring is 1. The Morgan fingerprint density at radius 1 is 1.09 bits per heavy atom. The summed E-state index contributed by atoms with van der Waals surface area (Å²) in [7, 11) is 0. The number of hydrogen-bond donors (Lipinski definition) is 3. The van der Waals surface area contributed by atoms with Gasteiger partial charge in [0.2, 0.25) is 11.8 Å². The number of anilines is 3. The smallest absolute Gasteiger partial charge is 0.332 e. The molecule has 9 heteroatoms. The van der Waals surface area contributed by atoms with E-state index in [1.165, 1.54) is 31.4 Å². The molecule has 5 N–H and O–H groups in total. The fraction of sp³-hybridized carbons (Fsp3) is 0.583. The predicted molar refractivity (Wildman–Crippen MR) is 131 cm³/mol. The zero-order valence-corrected chi connectivity index (χ0v) is 19.2. The maximum Gasteiger partial charge on any atom is 0.332 e. The highest BCUT2D eigenvalue weighted by Crippen LogP contribution is 2.32. The van der Waals surface area contributed by atoms with E-state index in [1.54, 1.807) is 0 Å². The molecule has 1 aliphatic carbocycles. The molecule has 2 aromatic rings. The molecule has 178 valence electrons. The summed E-state index contributed by atoms with van der Waals surface area (Å²) in [5, 5.41) is 14.9. The lowest BCUT2D eigenvalue weighted by Gasteiger charge is -2.25. The largest absolute Gasteiger partial charge is 0.378 e. The first kappa shape index (κ1) is 23.2. The minimum atomic E-state index is -0.465. The lowest BCUT2D eigenvalue weighted by Crippen LogP contribution is -2.27. The molecule has 2 aliphatic rings. The van der Waals surface area contributed by atoms with Gasteiger partial charge in [0, 0.05) is 31.4 Å². The number of nitrogens with two attached hydrogens (primary N) is 2. The van der Waals surface area contributed by atoms with Crippen molar-refractivity contribution in [2.24, 2.45) is 11.7 Å². The van der Waals surface area contributed by atoms with E-state index in [4.69, 9.17) is 11.5 Å². The lowest BCUT2D eigenvalue weighted by atomic mass is 9.83. The predicted octanol–water partition coefficient (Wildman–Crippen LogP) is 4.02. The number of nitrogens with zero attached hydrogens (tertiary/aromatic N) is 4. The normalized spacial score (nSPS) is 21.4. The van der Waals surface area contributed by atoms with E-state index < -0.39 is 4.92 Å². The third-order valence-electron chi connectivity index (χ3n) is 6.87. The second kappa shape index (κ2) is 10.8. The average molecular weight is 454 g/mol. The first-order valence-electron chi connectivity index (χ1n) is 12.1. The van der Waals surface area contributed by atoms with E-state index in [0.29, 0.717) is 30.5 Å². The van der Waals surface area contributed by atoms with Crippen molar-refractivity contribution in [2.45, 2.75) is 70.4 Å². The zero-order valence-electron chi connectivity index (χ0n) is 19.2. The van der Waals surface area contributed by atoms with Gasteiger partial charge in [-0.2, -0.15) is 4.98 Å². The molecule has 1 aromatic carbocycles. The number of aromatic nitrogens is 2. The van der Waals surface area contributed by atoms with E-state index in [9.17, 15) is 10.1 Å². The summed E-state index contributed by atoms with van der Waals surface area (Å²) in [6.45, 7) is 2.71. The fourth-order valence-electron chi connectivity index (χ4n) is 4.98. The van der Waals surface area contributed by atoms with Gasteiger partial charge in [0.1, 0.15) is 5.69 Å². The Balaban J connectivity index is 1.47. The van der Waals surface area contributed by atoms with Crippen LogP contribution in [-0.4, -0.2) is 34.0 Å². The van der Waals surface area contributed by atoms with Gasteiger partial charge in [0.25, 0.3) is 0 Å². The van der Waals surface area contributed by atoms with Crippen molar-refractivity contribution >= 4 is 23.1 Å². The highest BCUT2D eigenvalue weighted by Gasteiger charge is 2.27. The molecule has 0 bridgehead atoms. The molecule has 0 radical (unpaired) electrons. The average Bonchev–Trinajstić information content (AvgIpc) is 3.09. The summed E-state index contributed by atoms with van der Waals surface area (Å²) in [5.41, 5.74) is 14.6. The van der Waals surface area contributed by atoms with Crippen LogP contribution in [0, 0.1) is 16.0 Å². The topological polar surface area (TPSA) is 136 Å². The number of nitrogens with one attached hydrogen (secondary N) is 1. The summed E-state index contributed by atoms with van der Waals surface area (Å²) < 4.78 is 0. The van der Waals surface area contributed by atoms with E-state index in [0.717, 1.165) is 44.3 Å². The summed E-state index contributed by atoms with van der Waals surface area (Å²) in [5.74, 6) is 0.579. The second-order valence-electron chi connectivity index (χ2n) is 9.39. The Hall–Kier alpha value is -2.94. The van der Waals surface area contributed by atoms with Crippen LogP contribution in [-0.2, 0) is 13.0 Å². The van der Waals surface area contributed by atoms with Gasteiger partial charge in [0.05, 0.1) is 4.92 Å². The van der Waals surface area contributed by atoms with Crippen LogP contribution in [0.25, 0.3) is 0 Å². The van der Waals surface area contributed by atoms with Crippen molar-refractivity contribution < 1.29 is 4.92 Å². The van der Waals surface area contributed by atoms with E-state index in [-0.39, 0.29) is 17.5 Å². The molecule has 0 spiro atoms. The first-order valence-corrected chi connectivity index (χ1v) is 12.1. The third kappa shape index (κ3) is 6.10. The Labute approximate surface area is 195 Å². The SMILES string of the molecule is Nc1nc(NCc2cccc(N3CCCCCC3)c2)nc(C[C@H]2CC[C@H](N)CC2)c1[N+](=O)[O-]. The Morgan fingerprint density at radius 3 is 2.52 bits per heavy atom. The van der Waals surface area contributed by atoms with Crippen molar-refractivity contribution in [3.05, 3.63) is 45.6 Å². The van der Waals surface area contributed by atoms with Gasteiger partial charge in [-0.05, 0) is 68.6 Å². The summed E-state index contributed by atoms with van der Waals surface area (Å²) in [4.78, 5) is 22.3. The minimum absolute atomic E-state index is 0.0849. The summed E-state index contributed by atoms with van der Waals surface area (Å²) in [6.07, 6.45) is 9.37. The van der Waals surface area contributed by atoms with Crippen LogP contribution in [0.15, 0.2) is 24.3 Å². The molecule has 33 heavy (non-hydrogen) atoms. The van der Waals surface area contributed by atoms with Gasteiger partial charge in [-0.25, -0.2) is 4.98 Å². The molecule has 2 heterocycles. The molecular formula is C24H35N7O2. The zero-order chi connectivity index (χ0) is 23.2. The molecular weight excluding hydrogens is 418 g/mol. The van der Waals surface area contributed by atoms with Crippen molar-refractivity contribution in [3.8, 4) is 0 Å². The fourth-order valence-corrected chi connectivity index (χ4v) is 4.98. The molecule has 0 amide bonds. The van der Waals surface area contributed by atoms with E-state index in [1.807, 2.05) is 0 Å². The van der Waals surface area contributed by atoms with Crippen LogP contribution in [0.1, 0.15) is 62.6 Å². The van der Waals surface area contributed by atoms with Gasteiger partial charge in [-0.1, -0.05) is 25.0 Å². The maximum atomic E-state index is 11.6. The van der Waals surface area contributed by atoms with Gasteiger partial charge >= 0.3 is 5.69 Å². The maximum absolute atomic E-state index is 11.6. The molecule has 1 saturated heterocycles. The first-order chi connectivity index (χ1) is 16.0. The molecule has 1 saturated carbocycles. The van der Waals surface area contributed by atoms with Crippen molar-refractivity contribution in [1.82, 2.24) is 9.97 Å². The molecule has 0 atom stereocenters. The van der Waals surface area contributed by atoms with Crippen LogP contribution in [0.2, 0.25) is 0 Å². The molecule has 9 nitrogen and oxygen atoms in total. The number of hydrogen-bond acceptors (Lipinski definition) is 8. The molecule has 2 fully saturated rings. The Kier molecular flexibility index (Phi) is 7.59. The highest BCUT2D eigenvalue weighted by atomic mass is 16.6. The van der Waals surface area contributed by atoms with Crippen molar-refractivity contribution in [2.75, 3.05) is 29.0 Å². The van der Waals surface area contributed by atoms with E-state index in [2.05, 4.69) is 44.5 Å². The molecule has 1 aliphatic heterocycles. The number of benzene rings is 1. The molecule has 1 aromatic heterocycles.